The zero-order chi connectivity index (χ0) is 15.2. The highest BCUT2D eigenvalue weighted by atomic mass is 16.5. The number of hydrogen-bond donors (Lipinski definition) is 2. The van der Waals surface area contributed by atoms with Gasteiger partial charge in [-0.15, -0.1) is 0 Å². The monoisotopic (exact) mass is 292 g/mol. The van der Waals surface area contributed by atoms with Gasteiger partial charge in [0, 0.05) is 5.69 Å². The van der Waals surface area contributed by atoms with E-state index in [9.17, 15) is 9.59 Å². The second-order valence-corrected chi connectivity index (χ2v) is 4.97. The number of carbonyl (C=O) groups is 2. The standard InChI is InChI=1S/C15H20N2O4/c1-2-21-12-7-5-11(6-8-12)16-14(18)10-17-9-3-4-13(17)15(19)20/h5-8,13H,2-4,9-10H2,1H3,(H,16,18)(H,19,20)/t13-/m0/s1. The van der Waals surface area contributed by atoms with E-state index >= 15 is 0 Å². The molecule has 114 valence electrons. The molecule has 2 N–H and O–H groups in total. The summed E-state index contributed by atoms with van der Waals surface area (Å²) < 4.78 is 5.33. The van der Waals surface area contributed by atoms with E-state index in [1.54, 1.807) is 29.2 Å². The second kappa shape index (κ2) is 7.08. The van der Waals surface area contributed by atoms with Gasteiger partial charge in [0.2, 0.25) is 5.91 Å². The fourth-order valence-electron chi connectivity index (χ4n) is 2.48. The Labute approximate surface area is 123 Å². The molecular weight excluding hydrogens is 272 g/mol. The zero-order valence-electron chi connectivity index (χ0n) is 12.0. The normalized spacial score (nSPS) is 18.4. The molecule has 0 aliphatic carbocycles. The molecule has 0 radical (unpaired) electrons. The molecule has 1 atom stereocenters. The molecular formula is C15H20N2O4. The number of carboxylic acids is 1. The molecule has 6 heteroatoms. The van der Waals surface area contributed by atoms with Gasteiger partial charge in [-0.1, -0.05) is 0 Å². The Morgan fingerprint density at radius 1 is 1.38 bits per heavy atom. The lowest BCUT2D eigenvalue weighted by Gasteiger charge is -2.20. The summed E-state index contributed by atoms with van der Waals surface area (Å²) in [6, 6.07) is 6.56. The molecule has 0 unspecified atom stereocenters. The summed E-state index contributed by atoms with van der Waals surface area (Å²) in [4.78, 5) is 24.7. The van der Waals surface area contributed by atoms with Gasteiger partial charge in [0.1, 0.15) is 11.8 Å². The molecule has 1 aliphatic heterocycles. The molecule has 2 rings (SSSR count). The number of likely N-dealkylation sites (tertiary alicyclic amines) is 1. The van der Waals surface area contributed by atoms with E-state index in [-0.39, 0.29) is 12.5 Å². The number of benzene rings is 1. The number of aliphatic carboxylic acids is 1. The Morgan fingerprint density at radius 3 is 2.71 bits per heavy atom. The Kier molecular flexibility index (Phi) is 5.16. The van der Waals surface area contributed by atoms with E-state index in [0.717, 1.165) is 12.2 Å². The second-order valence-electron chi connectivity index (χ2n) is 4.97. The predicted octanol–water partition coefficient (Wildman–Crippen LogP) is 1.57. The number of ether oxygens (including phenoxy) is 1. The largest absolute Gasteiger partial charge is 0.494 e. The van der Waals surface area contributed by atoms with Crippen molar-refractivity contribution in [2.45, 2.75) is 25.8 Å². The maximum atomic E-state index is 12.0. The smallest absolute Gasteiger partial charge is 0.320 e. The van der Waals surface area contributed by atoms with Gasteiger partial charge in [0.25, 0.3) is 0 Å². The summed E-state index contributed by atoms with van der Waals surface area (Å²) in [7, 11) is 0. The molecule has 0 spiro atoms. The van der Waals surface area contributed by atoms with Crippen LogP contribution in [0.1, 0.15) is 19.8 Å². The molecule has 1 saturated heterocycles. The highest BCUT2D eigenvalue weighted by molar-refractivity contribution is 5.92. The van der Waals surface area contributed by atoms with Gasteiger partial charge in [-0.25, -0.2) is 0 Å². The maximum absolute atomic E-state index is 12.0. The van der Waals surface area contributed by atoms with E-state index < -0.39 is 12.0 Å². The van der Waals surface area contributed by atoms with E-state index in [2.05, 4.69) is 5.32 Å². The van der Waals surface area contributed by atoms with Gasteiger partial charge >= 0.3 is 5.97 Å². The summed E-state index contributed by atoms with van der Waals surface area (Å²) in [5.74, 6) is -0.310. The number of nitrogens with zero attached hydrogens (tertiary/aromatic N) is 1. The Morgan fingerprint density at radius 2 is 2.10 bits per heavy atom. The first-order valence-corrected chi connectivity index (χ1v) is 7.09. The highest BCUT2D eigenvalue weighted by Gasteiger charge is 2.31. The van der Waals surface area contributed by atoms with Gasteiger partial charge in [-0.3, -0.25) is 14.5 Å². The van der Waals surface area contributed by atoms with Crippen LogP contribution in [0.5, 0.6) is 5.75 Å². The number of anilines is 1. The summed E-state index contributed by atoms with van der Waals surface area (Å²) in [6.45, 7) is 3.25. The van der Waals surface area contributed by atoms with Crippen molar-refractivity contribution < 1.29 is 19.4 Å². The minimum atomic E-state index is -0.860. The van der Waals surface area contributed by atoms with Crippen LogP contribution >= 0.6 is 0 Å². The van der Waals surface area contributed by atoms with E-state index in [0.29, 0.717) is 25.3 Å². The molecule has 1 amide bonds. The number of rotatable bonds is 6. The van der Waals surface area contributed by atoms with Crippen LogP contribution in [-0.2, 0) is 9.59 Å². The van der Waals surface area contributed by atoms with Crippen molar-refractivity contribution in [2.24, 2.45) is 0 Å². The van der Waals surface area contributed by atoms with E-state index in [4.69, 9.17) is 9.84 Å². The van der Waals surface area contributed by atoms with Gasteiger partial charge in [0.05, 0.1) is 13.2 Å². The lowest BCUT2D eigenvalue weighted by molar-refractivity contribution is -0.142. The highest BCUT2D eigenvalue weighted by Crippen LogP contribution is 2.18. The first kappa shape index (κ1) is 15.3. The molecule has 1 heterocycles. The molecule has 0 aromatic heterocycles. The summed E-state index contributed by atoms with van der Waals surface area (Å²) >= 11 is 0. The van der Waals surface area contributed by atoms with Crippen LogP contribution in [0.2, 0.25) is 0 Å². The van der Waals surface area contributed by atoms with Crippen molar-refractivity contribution in [3.8, 4) is 5.75 Å². The van der Waals surface area contributed by atoms with Crippen LogP contribution in [0.3, 0.4) is 0 Å². The lowest BCUT2D eigenvalue weighted by Crippen LogP contribution is -2.40. The summed E-state index contributed by atoms with van der Waals surface area (Å²) in [5, 5.41) is 11.8. The zero-order valence-corrected chi connectivity index (χ0v) is 12.0. The number of carboxylic acid groups (broad SMARTS) is 1. The van der Waals surface area contributed by atoms with Crippen LogP contribution in [-0.4, -0.2) is 47.6 Å². The number of nitrogens with one attached hydrogen (secondary N) is 1. The fraction of sp³-hybridized carbons (Fsp3) is 0.467. The average molecular weight is 292 g/mol. The Balaban J connectivity index is 1.88. The fourth-order valence-corrected chi connectivity index (χ4v) is 2.48. The molecule has 0 bridgehead atoms. The van der Waals surface area contributed by atoms with Crippen LogP contribution in [0.25, 0.3) is 0 Å². The molecule has 1 fully saturated rings. The van der Waals surface area contributed by atoms with Crippen LogP contribution in [0.15, 0.2) is 24.3 Å². The molecule has 1 aromatic carbocycles. The van der Waals surface area contributed by atoms with Crippen molar-refractivity contribution in [3.05, 3.63) is 24.3 Å². The van der Waals surface area contributed by atoms with Crippen LogP contribution < -0.4 is 10.1 Å². The van der Waals surface area contributed by atoms with Gasteiger partial charge in [-0.2, -0.15) is 0 Å². The summed E-state index contributed by atoms with van der Waals surface area (Å²) in [6.07, 6.45) is 1.42. The number of hydrogen-bond acceptors (Lipinski definition) is 4. The van der Waals surface area contributed by atoms with Crippen LogP contribution in [0.4, 0.5) is 5.69 Å². The van der Waals surface area contributed by atoms with Gasteiger partial charge in [-0.05, 0) is 50.6 Å². The topological polar surface area (TPSA) is 78.9 Å². The third kappa shape index (κ3) is 4.19. The SMILES string of the molecule is CCOc1ccc(NC(=O)CN2CCC[C@H]2C(=O)O)cc1. The quantitative estimate of drug-likeness (QED) is 0.832. The van der Waals surface area contributed by atoms with Gasteiger partial charge in [0.15, 0.2) is 0 Å². The molecule has 1 aromatic rings. The minimum Gasteiger partial charge on any atom is -0.494 e. The van der Waals surface area contributed by atoms with Crippen molar-refractivity contribution in [3.63, 3.8) is 0 Å². The minimum absolute atomic E-state index is 0.101. The van der Waals surface area contributed by atoms with Crippen molar-refractivity contribution in [2.75, 3.05) is 25.0 Å². The van der Waals surface area contributed by atoms with E-state index in [1.165, 1.54) is 0 Å². The lowest BCUT2D eigenvalue weighted by atomic mass is 10.2. The van der Waals surface area contributed by atoms with Crippen molar-refractivity contribution >= 4 is 17.6 Å². The summed E-state index contributed by atoms with van der Waals surface area (Å²) in [5.41, 5.74) is 0.675. The molecule has 6 nitrogen and oxygen atoms in total. The number of amides is 1. The van der Waals surface area contributed by atoms with Crippen molar-refractivity contribution in [1.29, 1.82) is 0 Å². The van der Waals surface area contributed by atoms with Crippen molar-refractivity contribution in [1.82, 2.24) is 4.90 Å². The molecule has 0 saturated carbocycles. The third-order valence-electron chi connectivity index (χ3n) is 3.44. The predicted molar refractivity (Wildman–Crippen MR) is 78.5 cm³/mol. The number of carbonyl (C=O) groups excluding carboxylic acids is 1. The first-order valence-electron chi connectivity index (χ1n) is 7.09. The Bertz CT molecular complexity index is 501. The maximum Gasteiger partial charge on any atom is 0.320 e. The third-order valence-corrected chi connectivity index (χ3v) is 3.44. The molecule has 1 aliphatic rings. The Hall–Kier alpha value is -2.08. The van der Waals surface area contributed by atoms with Crippen LogP contribution in [0, 0.1) is 0 Å². The average Bonchev–Trinajstić information content (AvgIpc) is 2.89. The van der Waals surface area contributed by atoms with E-state index in [1.807, 2.05) is 6.92 Å². The molecule has 21 heavy (non-hydrogen) atoms. The van der Waals surface area contributed by atoms with Gasteiger partial charge < -0.3 is 15.2 Å². The first-order chi connectivity index (χ1) is 10.1.